The first-order chi connectivity index (χ1) is 14.5. The van der Waals surface area contributed by atoms with Gasteiger partial charge >= 0.3 is 5.97 Å². The molecule has 1 N–H and O–H groups in total. The number of carboxylic acids is 1. The van der Waals surface area contributed by atoms with E-state index in [4.69, 9.17) is 23.5 Å². The van der Waals surface area contributed by atoms with Gasteiger partial charge in [0.1, 0.15) is 23.6 Å². The van der Waals surface area contributed by atoms with Crippen LogP contribution in [0.15, 0.2) is 57.7 Å². The maximum absolute atomic E-state index is 11.0. The highest BCUT2D eigenvalue weighted by atomic mass is 16.5. The lowest BCUT2D eigenvalue weighted by atomic mass is 10.1. The molecule has 154 valence electrons. The van der Waals surface area contributed by atoms with E-state index in [-0.39, 0.29) is 13.0 Å². The third kappa shape index (κ3) is 4.21. The second kappa shape index (κ2) is 8.42. The zero-order valence-electron chi connectivity index (χ0n) is 16.7. The van der Waals surface area contributed by atoms with Crippen molar-refractivity contribution in [2.45, 2.75) is 26.6 Å². The lowest BCUT2D eigenvalue weighted by molar-refractivity contribution is -0.136. The molecule has 0 unspecified atom stereocenters. The molecule has 0 saturated carbocycles. The number of aryl methyl sites for hydroxylation is 1. The van der Waals surface area contributed by atoms with Gasteiger partial charge in [0.2, 0.25) is 0 Å². The van der Waals surface area contributed by atoms with E-state index in [9.17, 15) is 4.79 Å². The molecule has 7 nitrogen and oxygen atoms in total. The first kappa shape index (κ1) is 19.7. The molecular formula is C23H21NO6. The molecular weight excluding hydrogens is 386 g/mol. The summed E-state index contributed by atoms with van der Waals surface area (Å²) in [7, 11) is 1.66. The number of nitrogens with zero attached hydrogens (tertiary/aromatic N) is 1. The van der Waals surface area contributed by atoms with Gasteiger partial charge in [0.05, 0.1) is 19.3 Å². The second-order valence-electron chi connectivity index (χ2n) is 7.05. The summed E-state index contributed by atoms with van der Waals surface area (Å²) in [4.78, 5) is 11.0. The van der Waals surface area contributed by atoms with Crippen LogP contribution >= 0.6 is 0 Å². The third-order valence-corrected chi connectivity index (χ3v) is 4.76. The maximum atomic E-state index is 11.0. The van der Waals surface area contributed by atoms with Gasteiger partial charge in [-0.25, -0.2) is 0 Å². The average Bonchev–Trinajstić information content (AvgIpc) is 3.34. The second-order valence-corrected chi connectivity index (χ2v) is 7.05. The van der Waals surface area contributed by atoms with Crippen LogP contribution in [0.1, 0.15) is 22.4 Å². The van der Waals surface area contributed by atoms with Crippen LogP contribution in [-0.4, -0.2) is 23.3 Å². The lowest BCUT2D eigenvalue weighted by Crippen LogP contribution is -1.99. The van der Waals surface area contributed by atoms with Crippen molar-refractivity contribution in [1.82, 2.24) is 5.16 Å². The molecule has 7 heteroatoms. The Kier molecular flexibility index (Phi) is 5.54. The van der Waals surface area contributed by atoms with Gasteiger partial charge in [0.15, 0.2) is 5.76 Å². The van der Waals surface area contributed by atoms with E-state index >= 15 is 0 Å². The molecule has 0 aliphatic carbocycles. The van der Waals surface area contributed by atoms with E-state index in [1.165, 1.54) is 6.26 Å². The van der Waals surface area contributed by atoms with Crippen molar-refractivity contribution < 1.29 is 28.3 Å². The van der Waals surface area contributed by atoms with Crippen molar-refractivity contribution in [3.05, 3.63) is 71.1 Å². The number of aromatic nitrogens is 1. The number of hydrogen-bond acceptors (Lipinski definition) is 6. The Bertz CT molecular complexity index is 1170. The van der Waals surface area contributed by atoms with E-state index in [0.29, 0.717) is 35.0 Å². The van der Waals surface area contributed by atoms with Gasteiger partial charge in [-0.05, 0) is 24.1 Å². The quantitative estimate of drug-likeness (QED) is 0.450. The topological polar surface area (TPSA) is 94.9 Å². The van der Waals surface area contributed by atoms with Gasteiger partial charge in [0, 0.05) is 35.8 Å². The Morgan fingerprint density at radius 1 is 1.13 bits per heavy atom. The summed E-state index contributed by atoms with van der Waals surface area (Å²) in [5.74, 6) is 0.380. The van der Waals surface area contributed by atoms with Gasteiger partial charge in [-0.2, -0.15) is 0 Å². The Hall–Kier alpha value is -3.58. The van der Waals surface area contributed by atoms with Gasteiger partial charge in [0.25, 0.3) is 0 Å². The number of methoxy groups -OCH3 is 1. The fraction of sp³-hybridized carbons (Fsp3) is 0.217. The van der Waals surface area contributed by atoms with E-state index in [2.05, 4.69) is 5.16 Å². The monoisotopic (exact) mass is 407 g/mol. The highest BCUT2D eigenvalue weighted by molar-refractivity contribution is 5.89. The minimum Gasteiger partial charge on any atom is -0.487 e. The number of fused-ring (bicyclic) bond motifs is 1. The molecule has 0 aliphatic rings. The van der Waals surface area contributed by atoms with Crippen LogP contribution in [0, 0.1) is 6.92 Å². The first-order valence-corrected chi connectivity index (χ1v) is 9.42. The standard InChI is InChI=1S/C23H21NO6/c1-14-7-19(10-21-23(14)17(12-29-21)8-22(25)26)28-13-18-9-20(30-24-18)16-5-3-15(4-6-16)11-27-2/h3-7,9-10,12H,8,11,13H2,1-2H3,(H,25,26). The van der Waals surface area contributed by atoms with Crippen LogP contribution in [0.3, 0.4) is 0 Å². The molecule has 2 aromatic carbocycles. The van der Waals surface area contributed by atoms with Gasteiger partial charge in [-0.1, -0.05) is 29.4 Å². The van der Waals surface area contributed by atoms with Crippen LogP contribution in [0.4, 0.5) is 0 Å². The van der Waals surface area contributed by atoms with Crippen molar-refractivity contribution in [3.63, 3.8) is 0 Å². The van der Waals surface area contributed by atoms with Gasteiger partial charge < -0.3 is 23.5 Å². The van der Waals surface area contributed by atoms with Crippen molar-refractivity contribution in [1.29, 1.82) is 0 Å². The third-order valence-electron chi connectivity index (χ3n) is 4.76. The zero-order chi connectivity index (χ0) is 21.1. The summed E-state index contributed by atoms with van der Waals surface area (Å²) in [6.45, 7) is 2.70. The fourth-order valence-corrected chi connectivity index (χ4v) is 3.40. The Labute approximate surface area is 172 Å². The molecule has 30 heavy (non-hydrogen) atoms. The lowest BCUT2D eigenvalue weighted by Gasteiger charge is -2.06. The van der Waals surface area contributed by atoms with Crippen LogP contribution in [0.25, 0.3) is 22.3 Å². The van der Waals surface area contributed by atoms with Crippen molar-refractivity contribution in [3.8, 4) is 17.1 Å². The minimum absolute atomic E-state index is 0.0811. The SMILES string of the molecule is COCc1ccc(-c2cc(COc3cc(C)c4c(CC(=O)O)coc4c3)no2)cc1. The number of hydrogen-bond donors (Lipinski definition) is 1. The molecule has 2 heterocycles. The summed E-state index contributed by atoms with van der Waals surface area (Å²) in [5.41, 5.74) is 4.81. The zero-order valence-corrected chi connectivity index (χ0v) is 16.7. The molecule has 0 fully saturated rings. The molecule has 0 aliphatic heterocycles. The molecule has 4 rings (SSSR count). The van der Waals surface area contributed by atoms with Crippen molar-refractivity contribution >= 4 is 16.9 Å². The average molecular weight is 407 g/mol. The van der Waals surface area contributed by atoms with E-state index in [0.717, 1.165) is 22.1 Å². The number of carboxylic acid groups (broad SMARTS) is 1. The summed E-state index contributed by atoms with van der Waals surface area (Å²) in [6.07, 6.45) is 1.40. The predicted octanol–water partition coefficient (Wildman–Crippen LogP) is 4.75. The molecule has 0 spiro atoms. The summed E-state index contributed by atoms with van der Waals surface area (Å²) in [6, 6.07) is 13.3. The Morgan fingerprint density at radius 3 is 2.67 bits per heavy atom. The number of aliphatic carboxylic acids is 1. The predicted molar refractivity (Wildman–Crippen MR) is 109 cm³/mol. The summed E-state index contributed by atoms with van der Waals surface area (Å²) in [5, 5.41) is 13.9. The molecule has 0 amide bonds. The molecule has 4 aromatic rings. The molecule has 0 radical (unpaired) electrons. The fourth-order valence-electron chi connectivity index (χ4n) is 3.40. The smallest absolute Gasteiger partial charge is 0.307 e. The van der Waals surface area contributed by atoms with Gasteiger partial charge in [-0.15, -0.1) is 0 Å². The summed E-state index contributed by atoms with van der Waals surface area (Å²) < 4.78 is 21.9. The van der Waals surface area contributed by atoms with E-state index < -0.39 is 5.97 Å². The molecule has 0 atom stereocenters. The maximum Gasteiger partial charge on any atom is 0.307 e. The molecule has 0 saturated heterocycles. The number of rotatable bonds is 8. The van der Waals surface area contributed by atoms with Crippen molar-refractivity contribution in [2.24, 2.45) is 0 Å². The van der Waals surface area contributed by atoms with Gasteiger partial charge in [-0.3, -0.25) is 4.79 Å². The van der Waals surface area contributed by atoms with E-state index in [1.54, 1.807) is 13.2 Å². The Balaban J connectivity index is 1.46. The highest BCUT2D eigenvalue weighted by Crippen LogP contribution is 2.30. The number of carbonyl (C=O) groups is 1. The van der Waals surface area contributed by atoms with Crippen molar-refractivity contribution in [2.75, 3.05) is 7.11 Å². The van der Waals surface area contributed by atoms with Crippen LogP contribution < -0.4 is 4.74 Å². The number of furan rings is 1. The number of benzene rings is 2. The molecule has 0 bridgehead atoms. The van der Waals surface area contributed by atoms with Crippen LogP contribution in [-0.2, 0) is 29.2 Å². The highest BCUT2D eigenvalue weighted by Gasteiger charge is 2.14. The van der Waals surface area contributed by atoms with Crippen LogP contribution in [0.5, 0.6) is 5.75 Å². The van der Waals surface area contributed by atoms with Crippen LogP contribution in [0.2, 0.25) is 0 Å². The largest absolute Gasteiger partial charge is 0.487 e. The Morgan fingerprint density at radius 2 is 1.93 bits per heavy atom. The normalized spacial score (nSPS) is 11.1. The first-order valence-electron chi connectivity index (χ1n) is 9.42. The minimum atomic E-state index is -0.896. The molecule has 2 aromatic heterocycles. The number of ether oxygens (including phenoxy) is 2. The van der Waals surface area contributed by atoms with E-state index in [1.807, 2.05) is 43.3 Å². The summed E-state index contributed by atoms with van der Waals surface area (Å²) >= 11 is 0.